The second-order valence-electron chi connectivity index (χ2n) is 7.11. The predicted molar refractivity (Wildman–Crippen MR) is 88.5 cm³/mol. The number of piperidine rings is 2. The van der Waals surface area contributed by atoms with Gasteiger partial charge in [-0.25, -0.2) is 4.79 Å². The Morgan fingerprint density at radius 3 is 2.91 bits per heavy atom. The van der Waals surface area contributed by atoms with Crippen molar-refractivity contribution in [1.29, 1.82) is 0 Å². The lowest BCUT2D eigenvalue weighted by molar-refractivity contribution is -0.0684. The largest absolute Gasteiger partial charge is 0.478 e. The molecule has 0 unspecified atom stereocenters. The maximum Gasteiger partial charge on any atom is 0.335 e. The lowest BCUT2D eigenvalue weighted by Crippen LogP contribution is -2.61. The average molecular weight is 318 g/mol. The molecular weight excluding hydrogens is 292 g/mol. The molecule has 1 aromatic rings. The van der Waals surface area contributed by atoms with Crippen molar-refractivity contribution in [3.05, 3.63) is 35.4 Å². The van der Waals surface area contributed by atoms with Crippen LogP contribution in [0, 0.1) is 5.41 Å². The maximum absolute atomic E-state index is 11.1. The van der Waals surface area contributed by atoms with E-state index in [0.29, 0.717) is 11.6 Å². The minimum Gasteiger partial charge on any atom is -0.478 e. The van der Waals surface area contributed by atoms with Crippen LogP contribution in [0.4, 0.5) is 0 Å². The Morgan fingerprint density at radius 1 is 1.35 bits per heavy atom. The predicted octanol–water partition coefficient (Wildman–Crippen LogP) is 1.66. The smallest absolute Gasteiger partial charge is 0.335 e. The summed E-state index contributed by atoms with van der Waals surface area (Å²) in [7, 11) is 2.16. The van der Waals surface area contributed by atoms with E-state index in [-0.39, 0.29) is 12.0 Å². The summed E-state index contributed by atoms with van der Waals surface area (Å²) in [4.78, 5) is 15.9. The van der Waals surface area contributed by atoms with Gasteiger partial charge in [-0.2, -0.15) is 0 Å². The number of benzene rings is 1. The second kappa shape index (κ2) is 6.59. The van der Waals surface area contributed by atoms with Crippen molar-refractivity contribution in [3.8, 4) is 0 Å². The summed E-state index contributed by atoms with van der Waals surface area (Å²) in [6.07, 6.45) is 3.28. The summed E-state index contributed by atoms with van der Waals surface area (Å²) in [5.41, 5.74) is 1.44. The van der Waals surface area contributed by atoms with E-state index in [1.165, 1.54) is 0 Å². The molecule has 2 heterocycles. The van der Waals surface area contributed by atoms with Crippen molar-refractivity contribution in [2.45, 2.75) is 31.8 Å². The Morgan fingerprint density at radius 2 is 2.17 bits per heavy atom. The van der Waals surface area contributed by atoms with Crippen LogP contribution >= 0.6 is 0 Å². The van der Waals surface area contributed by atoms with E-state index in [1.807, 2.05) is 12.1 Å². The van der Waals surface area contributed by atoms with Gasteiger partial charge < -0.3 is 15.1 Å². The number of carbonyl (C=O) groups is 1. The van der Waals surface area contributed by atoms with Crippen LogP contribution in [0.5, 0.6) is 0 Å². The molecule has 0 amide bonds. The molecule has 0 saturated carbocycles. The molecule has 1 aromatic carbocycles. The van der Waals surface area contributed by atoms with Crippen molar-refractivity contribution in [1.82, 2.24) is 9.80 Å². The number of aromatic carboxylic acids is 1. The van der Waals surface area contributed by atoms with Crippen molar-refractivity contribution < 1.29 is 15.0 Å². The van der Waals surface area contributed by atoms with Gasteiger partial charge in [0.25, 0.3) is 0 Å². The summed E-state index contributed by atoms with van der Waals surface area (Å²) in [5, 5.41) is 19.1. The Bertz CT molecular complexity index is 577. The molecule has 5 nitrogen and oxygen atoms in total. The second-order valence-corrected chi connectivity index (χ2v) is 7.11. The van der Waals surface area contributed by atoms with E-state index < -0.39 is 5.97 Å². The molecule has 0 spiro atoms. The summed E-state index contributed by atoms with van der Waals surface area (Å²) < 4.78 is 0. The molecule has 2 saturated heterocycles. The first-order valence-corrected chi connectivity index (χ1v) is 8.40. The average Bonchev–Trinajstić information content (AvgIpc) is 2.56. The molecule has 23 heavy (non-hydrogen) atoms. The number of hydrogen-bond acceptors (Lipinski definition) is 4. The van der Waals surface area contributed by atoms with E-state index in [9.17, 15) is 9.90 Å². The van der Waals surface area contributed by atoms with Crippen LogP contribution < -0.4 is 0 Å². The van der Waals surface area contributed by atoms with Crippen molar-refractivity contribution in [2.24, 2.45) is 5.41 Å². The zero-order valence-corrected chi connectivity index (χ0v) is 13.7. The molecule has 0 aromatic heterocycles. The molecular formula is C18H26N2O3. The highest BCUT2D eigenvalue weighted by Crippen LogP contribution is 2.41. The van der Waals surface area contributed by atoms with Gasteiger partial charge in [0.05, 0.1) is 12.2 Å². The number of nitrogens with zero attached hydrogens (tertiary/aromatic N) is 2. The Hall–Kier alpha value is -1.43. The molecule has 5 heteroatoms. The third kappa shape index (κ3) is 3.27. The fourth-order valence-corrected chi connectivity index (χ4v) is 4.28. The standard InChI is InChI=1S/C18H26N2O3/c1-19-8-3-6-18(13-21)7-9-20(12-16(18)19)11-14-4-2-5-15(10-14)17(22)23/h2,4-5,10,16,21H,3,6-9,11-13H2,1H3,(H,22,23)/t16-,18-/m1/s1. The number of aliphatic hydroxyl groups excluding tert-OH is 1. The zero-order chi connectivity index (χ0) is 16.4. The minimum atomic E-state index is -0.878. The summed E-state index contributed by atoms with van der Waals surface area (Å²) in [5.74, 6) is -0.878. The normalized spacial score (nSPS) is 29.2. The highest BCUT2D eigenvalue weighted by Gasteiger charge is 2.46. The molecule has 2 atom stereocenters. The highest BCUT2D eigenvalue weighted by molar-refractivity contribution is 5.87. The molecule has 2 aliphatic rings. The van der Waals surface area contributed by atoms with Gasteiger partial charge >= 0.3 is 5.97 Å². The summed E-state index contributed by atoms with van der Waals surface area (Å²) in [6, 6.07) is 7.59. The van der Waals surface area contributed by atoms with Crippen molar-refractivity contribution in [3.63, 3.8) is 0 Å². The molecule has 0 aliphatic carbocycles. The van der Waals surface area contributed by atoms with Gasteiger partial charge in [-0.05, 0) is 57.1 Å². The molecule has 2 fully saturated rings. The van der Waals surface area contributed by atoms with E-state index in [1.54, 1.807) is 12.1 Å². The third-order valence-electron chi connectivity index (χ3n) is 5.68. The lowest BCUT2D eigenvalue weighted by atomic mass is 9.69. The van der Waals surface area contributed by atoms with Crippen LogP contribution in [0.25, 0.3) is 0 Å². The number of carboxylic acids is 1. The summed E-state index contributed by atoms with van der Waals surface area (Å²) in [6.45, 7) is 4.03. The molecule has 2 N–H and O–H groups in total. The fourth-order valence-electron chi connectivity index (χ4n) is 4.28. The molecule has 0 bridgehead atoms. The number of likely N-dealkylation sites (N-methyl/N-ethyl adjacent to an activating group) is 1. The minimum absolute atomic E-state index is 0.0480. The number of fused-ring (bicyclic) bond motifs is 1. The van der Waals surface area contributed by atoms with Gasteiger partial charge in [0.2, 0.25) is 0 Å². The van der Waals surface area contributed by atoms with E-state index >= 15 is 0 Å². The van der Waals surface area contributed by atoms with Gasteiger partial charge in [0.15, 0.2) is 0 Å². The topological polar surface area (TPSA) is 64.0 Å². The lowest BCUT2D eigenvalue weighted by Gasteiger charge is -2.53. The number of rotatable bonds is 4. The van der Waals surface area contributed by atoms with Crippen LogP contribution in [-0.2, 0) is 6.54 Å². The highest BCUT2D eigenvalue weighted by atomic mass is 16.4. The number of likely N-dealkylation sites (tertiary alicyclic amines) is 2. The van der Waals surface area contributed by atoms with Gasteiger partial charge in [0, 0.05) is 24.5 Å². The Kier molecular flexibility index (Phi) is 4.71. The SMILES string of the molecule is CN1CCC[C@]2(CO)CCN(Cc3cccc(C(=O)O)c3)C[C@@H]12. The molecule has 2 aliphatic heterocycles. The fraction of sp³-hybridized carbons (Fsp3) is 0.611. The molecule has 0 radical (unpaired) electrons. The first kappa shape index (κ1) is 16.4. The van der Waals surface area contributed by atoms with Crippen molar-refractivity contribution >= 4 is 5.97 Å². The van der Waals surface area contributed by atoms with Crippen LogP contribution in [0.15, 0.2) is 24.3 Å². The monoisotopic (exact) mass is 318 g/mol. The Balaban J connectivity index is 1.71. The van der Waals surface area contributed by atoms with E-state index in [2.05, 4.69) is 16.8 Å². The molecule has 126 valence electrons. The molecule has 3 rings (SSSR count). The number of hydrogen-bond donors (Lipinski definition) is 2. The van der Waals surface area contributed by atoms with E-state index in [4.69, 9.17) is 5.11 Å². The van der Waals surface area contributed by atoms with E-state index in [0.717, 1.165) is 51.0 Å². The van der Waals surface area contributed by atoms with Crippen LogP contribution in [-0.4, -0.2) is 65.3 Å². The number of carboxylic acid groups (broad SMARTS) is 1. The zero-order valence-electron chi connectivity index (χ0n) is 13.7. The first-order chi connectivity index (χ1) is 11.0. The van der Waals surface area contributed by atoms with Gasteiger partial charge in [-0.3, -0.25) is 4.90 Å². The van der Waals surface area contributed by atoms with Gasteiger partial charge in [-0.15, -0.1) is 0 Å². The third-order valence-corrected chi connectivity index (χ3v) is 5.68. The van der Waals surface area contributed by atoms with Crippen molar-refractivity contribution in [2.75, 3.05) is 33.3 Å². The first-order valence-electron chi connectivity index (χ1n) is 8.40. The quantitative estimate of drug-likeness (QED) is 0.884. The van der Waals surface area contributed by atoms with Crippen LogP contribution in [0.3, 0.4) is 0 Å². The van der Waals surface area contributed by atoms with Gasteiger partial charge in [-0.1, -0.05) is 12.1 Å². The number of aliphatic hydroxyl groups is 1. The summed E-state index contributed by atoms with van der Waals surface area (Å²) >= 11 is 0. The van der Waals surface area contributed by atoms with Crippen LogP contribution in [0.2, 0.25) is 0 Å². The maximum atomic E-state index is 11.1. The Labute approximate surface area is 137 Å². The van der Waals surface area contributed by atoms with Gasteiger partial charge in [0.1, 0.15) is 0 Å². The van der Waals surface area contributed by atoms with Crippen LogP contribution in [0.1, 0.15) is 35.2 Å².